The number of hydroxylamine groups is 1. The molecule has 1 atom stereocenters. The number of rotatable bonds is 5. The number of carbonyl (C=O) groups excluding carboxylic acids is 3. The van der Waals surface area contributed by atoms with Crippen LogP contribution in [0, 0.1) is 0 Å². The Labute approximate surface area is 243 Å². The molecular formula is C25H28F3N4O5Y-. The van der Waals surface area contributed by atoms with E-state index in [4.69, 9.17) is 10.9 Å². The van der Waals surface area contributed by atoms with Crippen LogP contribution in [-0.2, 0) is 68.1 Å². The summed E-state index contributed by atoms with van der Waals surface area (Å²) in [5, 5.41) is 17.5. The van der Waals surface area contributed by atoms with Crippen LogP contribution < -0.4 is 5.48 Å². The van der Waals surface area contributed by atoms with Gasteiger partial charge in [0.15, 0.2) is 0 Å². The van der Waals surface area contributed by atoms with E-state index in [0.717, 1.165) is 23.3 Å². The summed E-state index contributed by atoms with van der Waals surface area (Å²) in [6.45, 7) is 3.91. The van der Waals surface area contributed by atoms with E-state index in [1.165, 1.54) is 11.0 Å². The van der Waals surface area contributed by atoms with Gasteiger partial charge in [-0.2, -0.15) is 13.2 Å². The van der Waals surface area contributed by atoms with Crippen LogP contribution in [-0.4, -0.2) is 49.9 Å². The predicted octanol–water partition coefficient (Wildman–Crippen LogP) is 4.01. The molecule has 0 saturated carbocycles. The smallest absolute Gasteiger partial charge is 0.419 e. The van der Waals surface area contributed by atoms with E-state index in [0.29, 0.717) is 18.5 Å². The van der Waals surface area contributed by atoms with Crippen molar-refractivity contribution < 1.29 is 70.6 Å². The van der Waals surface area contributed by atoms with Crippen molar-refractivity contribution in [3.05, 3.63) is 69.9 Å². The van der Waals surface area contributed by atoms with Gasteiger partial charge in [-0.05, 0) is 38.0 Å². The molecule has 9 nitrogen and oxygen atoms in total. The summed E-state index contributed by atoms with van der Waals surface area (Å²) < 4.78 is 36.7. The second kappa shape index (κ2) is 13.1. The molecule has 2 aromatic rings. The number of amides is 3. The monoisotopic (exact) mass is 610 g/mol. The second-order valence-corrected chi connectivity index (χ2v) is 9.00. The summed E-state index contributed by atoms with van der Waals surface area (Å²) in [5.74, 6) is -1.46. The number of likely N-dealkylation sites (tertiary alicyclic amines) is 1. The SMILES string of the molecule is CC(C)N1C(=O)CCC(N2Cc3cc(C[NH-])ccc3C2=O)C1=O.ONCc1cccc(C(F)(F)F)c1O.[Y]. The summed E-state index contributed by atoms with van der Waals surface area (Å²) >= 11 is 0. The molecule has 0 aromatic heterocycles. The number of piperidine rings is 1. The molecule has 2 aromatic carbocycles. The minimum absolute atomic E-state index is 0. The summed E-state index contributed by atoms with van der Waals surface area (Å²) in [6.07, 6.45) is -3.92. The summed E-state index contributed by atoms with van der Waals surface area (Å²) in [5.41, 5.74) is 10.3. The second-order valence-electron chi connectivity index (χ2n) is 9.00. The molecule has 203 valence electrons. The van der Waals surface area contributed by atoms with E-state index >= 15 is 0 Å². The van der Waals surface area contributed by atoms with Crippen LogP contribution in [0.4, 0.5) is 13.2 Å². The van der Waals surface area contributed by atoms with Crippen LogP contribution >= 0.6 is 0 Å². The van der Waals surface area contributed by atoms with Crippen LogP contribution in [0.1, 0.15) is 59.3 Å². The normalized spacial score (nSPS) is 17.3. The number of benzene rings is 2. The van der Waals surface area contributed by atoms with Gasteiger partial charge in [-0.25, -0.2) is 5.48 Å². The van der Waals surface area contributed by atoms with Crippen LogP contribution in [0.3, 0.4) is 0 Å². The van der Waals surface area contributed by atoms with Crippen LogP contribution in [0.2, 0.25) is 0 Å². The number of phenolic OH excluding ortho intramolecular Hbond substituents is 1. The Hall–Kier alpha value is -2.38. The minimum Gasteiger partial charge on any atom is -0.674 e. The van der Waals surface area contributed by atoms with Gasteiger partial charge in [0.05, 0.1) is 5.56 Å². The van der Waals surface area contributed by atoms with E-state index in [2.05, 4.69) is 0 Å². The zero-order valence-electron chi connectivity index (χ0n) is 20.9. The summed E-state index contributed by atoms with van der Waals surface area (Å²) in [7, 11) is 0. The summed E-state index contributed by atoms with van der Waals surface area (Å²) in [4.78, 5) is 40.1. The molecule has 1 saturated heterocycles. The first-order chi connectivity index (χ1) is 17.4. The van der Waals surface area contributed by atoms with E-state index in [9.17, 15) is 32.7 Å². The molecule has 3 amide bonds. The van der Waals surface area contributed by atoms with Gasteiger partial charge in [0.2, 0.25) is 5.91 Å². The fourth-order valence-electron chi connectivity index (χ4n) is 4.43. The number of carbonyl (C=O) groups is 3. The Kier molecular flexibility index (Phi) is 11.0. The number of imide groups is 1. The Morgan fingerprint density at radius 1 is 1.16 bits per heavy atom. The van der Waals surface area contributed by atoms with Crippen molar-refractivity contribution in [3.63, 3.8) is 0 Å². The molecular weight excluding hydrogens is 582 g/mol. The number of fused-ring (bicyclic) bond motifs is 1. The number of nitrogens with one attached hydrogen (secondary N) is 2. The molecule has 1 fully saturated rings. The maximum Gasteiger partial charge on any atom is 0.419 e. The third kappa shape index (κ3) is 6.79. The van der Waals surface area contributed by atoms with Gasteiger partial charge in [-0.1, -0.05) is 29.8 Å². The Morgan fingerprint density at radius 2 is 1.84 bits per heavy atom. The fraction of sp³-hybridized carbons (Fsp3) is 0.400. The van der Waals surface area contributed by atoms with Gasteiger partial charge in [-0.15, -0.1) is 6.54 Å². The van der Waals surface area contributed by atoms with Crippen molar-refractivity contribution in [2.75, 3.05) is 0 Å². The van der Waals surface area contributed by atoms with Crippen LogP contribution in [0.15, 0.2) is 36.4 Å². The van der Waals surface area contributed by atoms with Crippen LogP contribution in [0.25, 0.3) is 5.73 Å². The largest absolute Gasteiger partial charge is 0.674 e. The third-order valence-electron chi connectivity index (χ3n) is 6.22. The standard InChI is InChI=1S/C17H20N3O3.C8H8F3NO2.Y/c1-10(2)20-15(21)6-5-14(17(20)23)19-9-12-7-11(8-18)3-4-13(12)16(19)22;9-8(10,11)6-3-1-2-5(4-12-14)7(6)13;/h3-4,7,10,14,18H,5-6,8-9H2,1-2H3;1-3,12-14H,4H2;/q-1;;. The quantitative estimate of drug-likeness (QED) is 0.346. The Bertz CT molecular complexity index is 1190. The van der Waals surface area contributed by atoms with Crippen LogP contribution in [0.5, 0.6) is 5.75 Å². The molecule has 1 radical (unpaired) electrons. The number of halogens is 3. The maximum absolute atomic E-state index is 12.7. The Balaban J connectivity index is 0.000000292. The molecule has 4 N–H and O–H groups in total. The van der Waals surface area contributed by atoms with Gasteiger partial charge < -0.3 is 20.9 Å². The number of aromatic hydroxyl groups is 1. The first-order valence-corrected chi connectivity index (χ1v) is 11.6. The molecule has 2 heterocycles. The van der Waals surface area contributed by atoms with Crippen molar-refractivity contribution in [3.8, 4) is 5.75 Å². The predicted molar refractivity (Wildman–Crippen MR) is 126 cm³/mol. The van der Waals surface area contributed by atoms with E-state index in [1.807, 2.05) is 6.07 Å². The van der Waals surface area contributed by atoms with Crippen molar-refractivity contribution in [2.24, 2.45) is 0 Å². The molecule has 2 aliphatic heterocycles. The number of hydrogen-bond acceptors (Lipinski definition) is 6. The van der Waals surface area contributed by atoms with E-state index < -0.39 is 23.5 Å². The molecule has 1 unspecified atom stereocenters. The van der Waals surface area contributed by atoms with Gasteiger partial charge in [0, 0.05) is 69.4 Å². The number of alkyl halides is 3. The zero-order valence-corrected chi connectivity index (χ0v) is 23.7. The number of nitrogens with zero attached hydrogens (tertiary/aromatic N) is 2. The maximum atomic E-state index is 12.7. The van der Waals surface area contributed by atoms with Crippen molar-refractivity contribution in [2.45, 2.75) is 64.6 Å². The Morgan fingerprint density at radius 3 is 2.42 bits per heavy atom. The topological polar surface area (TPSA) is 134 Å². The molecule has 4 rings (SSSR count). The molecule has 0 bridgehead atoms. The molecule has 0 aliphatic carbocycles. The van der Waals surface area contributed by atoms with Crippen molar-refractivity contribution in [1.82, 2.24) is 15.3 Å². The first kappa shape index (κ1) is 31.8. The molecule has 0 spiro atoms. The molecule has 38 heavy (non-hydrogen) atoms. The average Bonchev–Trinajstić information content (AvgIpc) is 3.15. The number of para-hydroxylation sites is 1. The fourth-order valence-corrected chi connectivity index (χ4v) is 4.43. The number of hydrogen-bond donors (Lipinski definition) is 3. The average molecular weight is 610 g/mol. The van der Waals surface area contributed by atoms with Gasteiger partial charge in [0.25, 0.3) is 11.8 Å². The van der Waals surface area contributed by atoms with Gasteiger partial charge in [-0.3, -0.25) is 19.3 Å². The van der Waals surface area contributed by atoms with E-state index in [-0.39, 0.29) is 81.5 Å². The van der Waals surface area contributed by atoms with E-state index in [1.54, 1.807) is 36.4 Å². The first-order valence-electron chi connectivity index (χ1n) is 11.6. The number of phenols is 1. The van der Waals surface area contributed by atoms with Gasteiger partial charge in [0.1, 0.15) is 11.8 Å². The molecule has 13 heteroatoms. The zero-order chi connectivity index (χ0) is 27.5. The third-order valence-corrected chi connectivity index (χ3v) is 6.22. The van der Waals surface area contributed by atoms with Crippen molar-refractivity contribution in [1.29, 1.82) is 0 Å². The molecule has 2 aliphatic rings. The van der Waals surface area contributed by atoms with Crippen molar-refractivity contribution >= 4 is 17.7 Å². The van der Waals surface area contributed by atoms with Gasteiger partial charge >= 0.3 is 6.18 Å². The minimum atomic E-state index is -4.59. The summed E-state index contributed by atoms with van der Waals surface area (Å²) in [6, 6.07) is 7.82.